The summed E-state index contributed by atoms with van der Waals surface area (Å²) in [6, 6.07) is 6.92. The number of carbonyl (C=O) groups is 1. The number of benzene rings is 1. The predicted octanol–water partition coefficient (Wildman–Crippen LogP) is 2.27. The van der Waals surface area contributed by atoms with E-state index in [0.717, 1.165) is 19.4 Å². The molecule has 1 fully saturated rings. The zero-order chi connectivity index (χ0) is 13.0. The van der Waals surface area contributed by atoms with Crippen LogP contribution in [0.5, 0.6) is 5.75 Å². The SMILES string of the molecule is O=C(O)[C@H]1CCCN1CCOc1ccccc1Cl. The monoisotopic (exact) mass is 269 g/mol. The van der Waals surface area contributed by atoms with Gasteiger partial charge in [-0.3, -0.25) is 9.69 Å². The van der Waals surface area contributed by atoms with Crippen LogP contribution in [-0.4, -0.2) is 41.7 Å². The molecule has 4 nitrogen and oxygen atoms in total. The van der Waals surface area contributed by atoms with Crippen molar-refractivity contribution in [1.29, 1.82) is 0 Å². The van der Waals surface area contributed by atoms with E-state index in [1.54, 1.807) is 12.1 Å². The Bertz CT molecular complexity index is 424. The molecule has 2 rings (SSSR count). The Morgan fingerprint density at radius 3 is 3.00 bits per heavy atom. The fraction of sp³-hybridized carbons (Fsp3) is 0.462. The van der Waals surface area contributed by atoms with Crippen molar-refractivity contribution in [3.05, 3.63) is 29.3 Å². The number of nitrogens with zero attached hydrogens (tertiary/aromatic N) is 1. The molecule has 5 heteroatoms. The summed E-state index contributed by atoms with van der Waals surface area (Å²) in [5, 5.41) is 9.62. The number of halogens is 1. The average Bonchev–Trinajstić information content (AvgIpc) is 2.80. The molecule has 1 atom stereocenters. The Morgan fingerprint density at radius 2 is 2.28 bits per heavy atom. The fourth-order valence-corrected chi connectivity index (χ4v) is 2.40. The number of hydrogen-bond donors (Lipinski definition) is 1. The number of rotatable bonds is 5. The Kier molecular flexibility index (Phi) is 4.44. The third-order valence-electron chi connectivity index (χ3n) is 3.12. The largest absolute Gasteiger partial charge is 0.491 e. The van der Waals surface area contributed by atoms with Crippen molar-refractivity contribution in [2.75, 3.05) is 19.7 Å². The minimum atomic E-state index is -0.745. The van der Waals surface area contributed by atoms with Gasteiger partial charge in [-0.25, -0.2) is 0 Å². The zero-order valence-corrected chi connectivity index (χ0v) is 10.8. The van der Waals surface area contributed by atoms with Crippen LogP contribution >= 0.6 is 11.6 Å². The van der Waals surface area contributed by atoms with E-state index in [9.17, 15) is 4.79 Å². The molecule has 1 aromatic carbocycles. The third-order valence-corrected chi connectivity index (χ3v) is 3.43. The van der Waals surface area contributed by atoms with E-state index in [0.29, 0.717) is 23.9 Å². The summed E-state index contributed by atoms with van der Waals surface area (Å²) < 4.78 is 5.56. The van der Waals surface area contributed by atoms with E-state index in [1.165, 1.54) is 0 Å². The molecule has 0 radical (unpaired) electrons. The number of ether oxygens (including phenoxy) is 1. The van der Waals surface area contributed by atoms with Gasteiger partial charge in [0.15, 0.2) is 0 Å². The second-order valence-corrected chi connectivity index (χ2v) is 4.72. The van der Waals surface area contributed by atoms with Gasteiger partial charge in [0.2, 0.25) is 0 Å². The molecule has 0 bridgehead atoms. The summed E-state index contributed by atoms with van der Waals surface area (Å²) in [5.74, 6) is -0.101. The molecule has 18 heavy (non-hydrogen) atoms. The van der Waals surface area contributed by atoms with E-state index in [2.05, 4.69) is 0 Å². The molecule has 0 spiro atoms. The molecule has 0 aromatic heterocycles. The normalized spacial score (nSPS) is 19.9. The highest BCUT2D eigenvalue weighted by Gasteiger charge is 2.29. The Morgan fingerprint density at radius 1 is 1.50 bits per heavy atom. The topological polar surface area (TPSA) is 49.8 Å². The van der Waals surface area contributed by atoms with Gasteiger partial charge in [0, 0.05) is 6.54 Å². The lowest BCUT2D eigenvalue weighted by Crippen LogP contribution is -2.38. The Labute approximate surface area is 111 Å². The highest BCUT2D eigenvalue weighted by atomic mass is 35.5. The zero-order valence-electron chi connectivity index (χ0n) is 10.0. The first kappa shape index (κ1) is 13.2. The molecule has 1 aromatic rings. The number of hydrogen-bond acceptors (Lipinski definition) is 3. The molecule has 1 saturated heterocycles. The van der Waals surface area contributed by atoms with E-state index >= 15 is 0 Å². The van der Waals surface area contributed by atoms with E-state index < -0.39 is 5.97 Å². The summed E-state index contributed by atoms with van der Waals surface area (Å²) >= 11 is 5.97. The molecule has 0 saturated carbocycles. The molecule has 1 aliphatic rings. The molecule has 1 aliphatic heterocycles. The second kappa shape index (κ2) is 6.07. The van der Waals surface area contributed by atoms with E-state index in [-0.39, 0.29) is 6.04 Å². The van der Waals surface area contributed by atoms with Crippen LogP contribution in [0.25, 0.3) is 0 Å². The second-order valence-electron chi connectivity index (χ2n) is 4.31. The predicted molar refractivity (Wildman–Crippen MR) is 69.2 cm³/mol. The molecule has 0 amide bonds. The molecule has 1 heterocycles. The molecule has 1 N–H and O–H groups in total. The van der Waals surface area contributed by atoms with Gasteiger partial charge in [-0.15, -0.1) is 0 Å². The average molecular weight is 270 g/mol. The van der Waals surface area contributed by atoms with Gasteiger partial charge < -0.3 is 9.84 Å². The van der Waals surface area contributed by atoms with Crippen molar-refractivity contribution < 1.29 is 14.6 Å². The summed E-state index contributed by atoms with van der Waals surface area (Å²) in [5.41, 5.74) is 0. The summed E-state index contributed by atoms with van der Waals surface area (Å²) in [6.45, 7) is 1.89. The first-order chi connectivity index (χ1) is 8.68. The number of aliphatic carboxylic acids is 1. The van der Waals surface area contributed by atoms with Crippen LogP contribution < -0.4 is 4.74 Å². The van der Waals surface area contributed by atoms with Crippen molar-refractivity contribution >= 4 is 17.6 Å². The van der Waals surface area contributed by atoms with Crippen LogP contribution in [0.15, 0.2) is 24.3 Å². The first-order valence-corrected chi connectivity index (χ1v) is 6.40. The highest BCUT2D eigenvalue weighted by molar-refractivity contribution is 6.32. The van der Waals surface area contributed by atoms with E-state index in [1.807, 2.05) is 17.0 Å². The van der Waals surface area contributed by atoms with Gasteiger partial charge in [0.1, 0.15) is 18.4 Å². The summed E-state index contributed by atoms with van der Waals surface area (Å²) in [6.07, 6.45) is 1.66. The standard InChI is InChI=1S/C13H16ClNO3/c14-10-4-1-2-6-12(10)18-9-8-15-7-3-5-11(15)13(16)17/h1-2,4,6,11H,3,5,7-9H2,(H,16,17)/t11-/m1/s1. The van der Waals surface area contributed by atoms with Gasteiger partial charge in [-0.1, -0.05) is 23.7 Å². The summed E-state index contributed by atoms with van der Waals surface area (Å²) in [7, 11) is 0. The lowest BCUT2D eigenvalue weighted by Gasteiger charge is -2.21. The number of carboxylic acid groups (broad SMARTS) is 1. The molecular formula is C13H16ClNO3. The minimum absolute atomic E-state index is 0.361. The number of para-hydroxylation sites is 1. The smallest absolute Gasteiger partial charge is 0.320 e. The number of carboxylic acids is 1. The van der Waals surface area contributed by atoms with Crippen LogP contribution in [0.3, 0.4) is 0 Å². The maximum Gasteiger partial charge on any atom is 0.320 e. The van der Waals surface area contributed by atoms with Crippen LogP contribution in [-0.2, 0) is 4.79 Å². The lowest BCUT2D eigenvalue weighted by atomic mass is 10.2. The Hall–Kier alpha value is -1.26. The lowest BCUT2D eigenvalue weighted by molar-refractivity contribution is -0.142. The van der Waals surface area contributed by atoms with Crippen LogP contribution in [0.1, 0.15) is 12.8 Å². The molecule has 0 unspecified atom stereocenters. The Balaban J connectivity index is 1.82. The fourth-order valence-electron chi connectivity index (χ4n) is 2.21. The van der Waals surface area contributed by atoms with Crippen molar-refractivity contribution in [3.8, 4) is 5.75 Å². The summed E-state index contributed by atoms with van der Waals surface area (Å²) in [4.78, 5) is 12.9. The quantitative estimate of drug-likeness (QED) is 0.891. The molecule has 0 aliphatic carbocycles. The van der Waals surface area contributed by atoms with Crippen LogP contribution in [0.2, 0.25) is 5.02 Å². The van der Waals surface area contributed by atoms with Crippen LogP contribution in [0.4, 0.5) is 0 Å². The maximum atomic E-state index is 11.0. The minimum Gasteiger partial charge on any atom is -0.491 e. The maximum absolute atomic E-state index is 11.0. The van der Waals surface area contributed by atoms with Crippen molar-refractivity contribution in [2.24, 2.45) is 0 Å². The van der Waals surface area contributed by atoms with Gasteiger partial charge >= 0.3 is 5.97 Å². The van der Waals surface area contributed by atoms with Gasteiger partial charge in [0.25, 0.3) is 0 Å². The van der Waals surface area contributed by atoms with Crippen LogP contribution in [0, 0.1) is 0 Å². The van der Waals surface area contributed by atoms with Crippen molar-refractivity contribution in [3.63, 3.8) is 0 Å². The molecular weight excluding hydrogens is 254 g/mol. The van der Waals surface area contributed by atoms with Gasteiger partial charge in [-0.2, -0.15) is 0 Å². The van der Waals surface area contributed by atoms with E-state index in [4.69, 9.17) is 21.4 Å². The van der Waals surface area contributed by atoms with Gasteiger partial charge in [0.05, 0.1) is 5.02 Å². The first-order valence-electron chi connectivity index (χ1n) is 6.02. The van der Waals surface area contributed by atoms with Gasteiger partial charge in [-0.05, 0) is 31.5 Å². The van der Waals surface area contributed by atoms with Crippen molar-refractivity contribution in [1.82, 2.24) is 4.90 Å². The molecule has 98 valence electrons. The number of likely N-dealkylation sites (tertiary alicyclic amines) is 1. The van der Waals surface area contributed by atoms with Crippen molar-refractivity contribution in [2.45, 2.75) is 18.9 Å². The highest BCUT2D eigenvalue weighted by Crippen LogP contribution is 2.23. The third kappa shape index (κ3) is 3.15.